The van der Waals surface area contributed by atoms with Crippen molar-refractivity contribution in [2.45, 2.75) is 11.8 Å². The van der Waals surface area contributed by atoms with Crippen molar-refractivity contribution < 1.29 is 0 Å². The molecule has 390 valence electrons. The first-order valence-electron chi connectivity index (χ1n) is 28.2. The van der Waals surface area contributed by atoms with Crippen LogP contribution in [0.2, 0.25) is 0 Å². The molecule has 0 saturated carbocycles. The zero-order valence-electron chi connectivity index (χ0n) is 45.4. The third-order valence-electron chi connectivity index (χ3n) is 16.6. The van der Waals surface area contributed by atoms with Crippen LogP contribution in [-0.2, 0) is 0 Å². The Hall–Kier alpha value is -11.4. The number of nitrogens with zero attached hydrogens (tertiary/aromatic N) is 6. The SMILES string of the molecule is [C-]#[N+]c1ccc(-c2ccccc2-c2cc(-c3cccc(-c4ccc5c(c4)C4c6ccccc6C5c5cc(-c6cccc(-c7cc(-c8ccccc8-c8ccc(C#N)cc8)nc(-c8ccccc8)n7)c6)ccc54)c3)nc(-c3ccccc3)n2)cc1. The number of benzene rings is 11. The molecule has 6 nitrogen and oxygen atoms in total. The Morgan fingerprint density at radius 3 is 1.10 bits per heavy atom. The molecule has 0 saturated heterocycles. The highest BCUT2D eigenvalue weighted by atomic mass is 14.9. The normalized spacial score (nSPS) is 13.5. The van der Waals surface area contributed by atoms with E-state index < -0.39 is 0 Å². The Morgan fingerprint density at radius 1 is 0.286 bits per heavy atom. The highest BCUT2D eigenvalue weighted by molar-refractivity contribution is 5.87. The van der Waals surface area contributed by atoms with Gasteiger partial charge in [0, 0.05) is 45.2 Å². The Bertz CT molecular complexity index is 4500. The Labute approximate surface area is 487 Å². The van der Waals surface area contributed by atoms with E-state index in [9.17, 15) is 5.26 Å². The summed E-state index contributed by atoms with van der Waals surface area (Å²) in [6.07, 6.45) is 0. The van der Waals surface area contributed by atoms with Crippen molar-refractivity contribution in [3.05, 3.63) is 329 Å². The standard InChI is InChI=1S/C78H48N6/c1-80-60-38-34-51(35-39-60)62-25-9-11-27-64(62)74-47-72(82-78(84-74)53-18-6-3-7-19-53)59-23-15-21-55(43-59)57-37-41-68-70(45-57)76-66-29-13-12-28-65(66)75(68)69-44-56(36-40-67(69)76)54-20-14-22-58(42-54)71-46-73(83-77(81-71)52-16-4-2-5-17-52)63-26-10-8-24-61(63)50-32-30-49(48-79)31-33-50/h2-47,75-76H. The highest BCUT2D eigenvalue weighted by Gasteiger charge is 2.41. The Kier molecular flexibility index (Phi) is 12.3. The van der Waals surface area contributed by atoms with E-state index in [1.807, 2.05) is 103 Å². The molecular weight excluding hydrogens is 1020 g/mol. The summed E-state index contributed by atoms with van der Waals surface area (Å²) < 4.78 is 0. The lowest BCUT2D eigenvalue weighted by atomic mass is 9.60. The zero-order chi connectivity index (χ0) is 56.1. The fourth-order valence-electron chi connectivity index (χ4n) is 12.5. The summed E-state index contributed by atoms with van der Waals surface area (Å²) in [5, 5.41) is 9.53. The second-order valence-corrected chi connectivity index (χ2v) is 21.4. The average molecular weight is 1070 g/mol. The van der Waals surface area contributed by atoms with E-state index in [1.54, 1.807) is 0 Å². The summed E-state index contributed by atoms with van der Waals surface area (Å²) in [6.45, 7) is 7.51. The van der Waals surface area contributed by atoms with E-state index in [-0.39, 0.29) is 11.8 Å². The molecule has 84 heavy (non-hydrogen) atoms. The van der Waals surface area contributed by atoms with Crippen molar-refractivity contribution in [2.75, 3.05) is 0 Å². The van der Waals surface area contributed by atoms with E-state index in [1.165, 1.54) is 33.4 Å². The van der Waals surface area contributed by atoms with Crippen molar-refractivity contribution >= 4 is 5.69 Å². The first-order chi connectivity index (χ1) is 41.5. The largest absolute Gasteiger partial charge is 0.238 e. The predicted octanol–water partition coefficient (Wildman–Crippen LogP) is 19.3. The van der Waals surface area contributed by atoms with E-state index >= 15 is 0 Å². The van der Waals surface area contributed by atoms with Gasteiger partial charge in [-0.25, -0.2) is 24.8 Å². The van der Waals surface area contributed by atoms with E-state index in [2.05, 4.69) is 187 Å². The molecule has 13 aromatic rings. The smallest absolute Gasteiger partial charge is 0.187 e. The molecule has 3 aliphatic carbocycles. The monoisotopic (exact) mass is 1070 g/mol. The van der Waals surface area contributed by atoms with Crippen LogP contribution >= 0.6 is 0 Å². The molecule has 0 aliphatic heterocycles. The number of nitriles is 1. The summed E-state index contributed by atoms with van der Waals surface area (Å²) in [6, 6.07) is 99.7. The molecule has 2 atom stereocenters. The number of hydrogen-bond acceptors (Lipinski definition) is 5. The summed E-state index contributed by atoms with van der Waals surface area (Å²) in [5.74, 6) is 1.44. The summed E-state index contributed by atoms with van der Waals surface area (Å²) in [4.78, 5) is 24.5. The summed E-state index contributed by atoms with van der Waals surface area (Å²) in [7, 11) is 0. The summed E-state index contributed by atoms with van der Waals surface area (Å²) in [5.41, 5.74) is 27.1. The van der Waals surface area contributed by atoms with Crippen LogP contribution in [0, 0.1) is 17.9 Å². The molecule has 0 fully saturated rings. The molecule has 2 unspecified atom stereocenters. The lowest BCUT2D eigenvalue weighted by Crippen LogP contribution is -2.27. The van der Waals surface area contributed by atoms with Gasteiger partial charge in [0.05, 0.1) is 41.0 Å². The average Bonchev–Trinajstić information content (AvgIpc) is 0.768. The van der Waals surface area contributed by atoms with Gasteiger partial charge in [0.15, 0.2) is 17.3 Å². The van der Waals surface area contributed by atoms with Crippen molar-refractivity contribution in [1.29, 1.82) is 5.26 Å². The second kappa shape index (κ2) is 20.9. The van der Waals surface area contributed by atoms with Crippen LogP contribution in [0.1, 0.15) is 50.8 Å². The second-order valence-electron chi connectivity index (χ2n) is 21.4. The molecule has 6 heteroatoms. The third-order valence-corrected chi connectivity index (χ3v) is 16.6. The molecule has 2 aromatic heterocycles. The number of aromatic nitrogens is 4. The quantitative estimate of drug-likeness (QED) is 0.128. The predicted molar refractivity (Wildman–Crippen MR) is 338 cm³/mol. The van der Waals surface area contributed by atoms with Gasteiger partial charge in [0.25, 0.3) is 0 Å². The third kappa shape index (κ3) is 8.93. The lowest BCUT2D eigenvalue weighted by molar-refractivity contribution is 0.755. The van der Waals surface area contributed by atoms with Gasteiger partial charge in [0.2, 0.25) is 0 Å². The van der Waals surface area contributed by atoms with Gasteiger partial charge in [-0.1, -0.05) is 231 Å². The van der Waals surface area contributed by atoms with E-state index in [0.29, 0.717) is 22.9 Å². The van der Waals surface area contributed by atoms with Gasteiger partial charge in [-0.05, 0) is 126 Å². The first kappa shape index (κ1) is 49.6. The Morgan fingerprint density at radius 2 is 0.643 bits per heavy atom. The fourth-order valence-corrected chi connectivity index (χ4v) is 12.5. The minimum absolute atomic E-state index is 0.0677. The fraction of sp³-hybridized carbons (Fsp3) is 0.0256. The van der Waals surface area contributed by atoms with Crippen molar-refractivity contribution in [3.63, 3.8) is 0 Å². The van der Waals surface area contributed by atoms with Gasteiger partial charge in [0.1, 0.15) is 0 Å². The molecule has 2 heterocycles. The number of rotatable bonds is 10. The van der Waals surface area contributed by atoms with Crippen LogP contribution < -0.4 is 0 Å². The van der Waals surface area contributed by atoms with Crippen LogP contribution in [-0.4, -0.2) is 19.9 Å². The Balaban J connectivity index is 0.784. The minimum Gasteiger partial charge on any atom is -0.238 e. The highest BCUT2D eigenvalue weighted by Crippen LogP contribution is 2.57. The van der Waals surface area contributed by atoms with Gasteiger partial charge in [-0.2, -0.15) is 5.26 Å². The first-order valence-corrected chi connectivity index (χ1v) is 28.2. The molecule has 3 aliphatic rings. The van der Waals surface area contributed by atoms with Gasteiger partial charge in [-0.15, -0.1) is 0 Å². The molecular formula is C78H48N6. The lowest BCUT2D eigenvalue weighted by Gasteiger charge is -2.42. The molecule has 11 aromatic carbocycles. The van der Waals surface area contributed by atoms with Crippen LogP contribution in [0.15, 0.2) is 279 Å². The van der Waals surface area contributed by atoms with E-state index in [0.717, 1.165) is 101 Å². The van der Waals surface area contributed by atoms with Crippen molar-refractivity contribution in [2.24, 2.45) is 0 Å². The topological polar surface area (TPSA) is 79.7 Å². The molecule has 0 amide bonds. The van der Waals surface area contributed by atoms with Crippen LogP contribution in [0.5, 0.6) is 0 Å². The van der Waals surface area contributed by atoms with Crippen LogP contribution in [0.25, 0.3) is 117 Å². The molecule has 16 rings (SSSR count). The van der Waals surface area contributed by atoms with Gasteiger partial charge in [-0.3, -0.25) is 0 Å². The molecule has 0 N–H and O–H groups in total. The van der Waals surface area contributed by atoms with Crippen LogP contribution in [0.3, 0.4) is 0 Å². The molecule has 2 bridgehead atoms. The maximum atomic E-state index is 9.53. The summed E-state index contributed by atoms with van der Waals surface area (Å²) >= 11 is 0. The maximum Gasteiger partial charge on any atom is 0.187 e. The number of hydrogen-bond donors (Lipinski definition) is 0. The maximum absolute atomic E-state index is 9.53. The minimum atomic E-state index is 0.0677. The van der Waals surface area contributed by atoms with E-state index in [4.69, 9.17) is 26.5 Å². The zero-order valence-corrected chi connectivity index (χ0v) is 45.4. The van der Waals surface area contributed by atoms with Crippen molar-refractivity contribution in [1.82, 2.24) is 19.9 Å². The van der Waals surface area contributed by atoms with Crippen molar-refractivity contribution in [3.8, 4) is 118 Å². The molecule has 0 spiro atoms. The van der Waals surface area contributed by atoms with Gasteiger partial charge >= 0.3 is 0 Å². The van der Waals surface area contributed by atoms with Crippen LogP contribution in [0.4, 0.5) is 5.69 Å². The molecule has 0 radical (unpaired) electrons. The van der Waals surface area contributed by atoms with Gasteiger partial charge < -0.3 is 0 Å².